The zero-order valence-electron chi connectivity index (χ0n) is 26.0. The van der Waals surface area contributed by atoms with Gasteiger partial charge < -0.3 is 10.6 Å². The molecule has 0 saturated heterocycles. The molecule has 0 aromatic heterocycles. The average molecular weight is 551 g/mol. The van der Waals surface area contributed by atoms with Crippen molar-refractivity contribution in [1.82, 2.24) is 10.6 Å². The van der Waals surface area contributed by atoms with Crippen LogP contribution < -0.4 is 10.6 Å². The lowest BCUT2D eigenvalue weighted by molar-refractivity contribution is -0.189. The third-order valence-electron chi connectivity index (χ3n) is 13.8. The first-order valence-electron chi connectivity index (χ1n) is 15.5. The van der Waals surface area contributed by atoms with Gasteiger partial charge >= 0.3 is 0 Å². The van der Waals surface area contributed by atoms with Crippen LogP contribution in [-0.2, 0) is 19.2 Å². The van der Waals surface area contributed by atoms with Gasteiger partial charge in [0.1, 0.15) is 5.94 Å². The van der Waals surface area contributed by atoms with Gasteiger partial charge in [0.15, 0.2) is 5.78 Å². The molecule has 9 atom stereocenters. The van der Waals surface area contributed by atoms with E-state index in [-0.39, 0.29) is 62.6 Å². The summed E-state index contributed by atoms with van der Waals surface area (Å²) in [5, 5.41) is 5.89. The van der Waals surface area contributed by atoms with Crippen molar-refractivity contribution in [3.8, 4) is 0 Å². The van der Waals surface area contributed by atoms with E-state index < -0.39 is 5.41 Å². The molecule has 40 heavy (non-hydrogen) atoms. The Labute approximate surface area is 240 Å². The molecule has 2 amide bonds. The van der Waals surface area contributed by atoms with Crippen LogP contribution in [0.2, 0.25) is 0 Å². The minimum Gasteiger partial charge on any atom is -0.353 e. The molecule has 220 valence electrons. The summed E-state index contributed by atoms with van der Waals surface area (Å²) in [6.07, 6.45) is 11.6. The Morgan fingerprint density at radius 1 is 0.950 bits per heavy atom. The summed E-state index contributed by atoms with van der Waals surface area (Å²) in [4.78, 5) is 50.5. The van der Waals surface area contributed by atoms with E-state index in [1.54, 1.807) is 12.9 Å². The molecule has 5 aliphatic rings. The second kappa shape index (κ2) is 9.15. The van der Waals surface area contributed by atoms with Gasteiger partial charge in [0.2, 0.25) is 11.8 Å². The van der Waals surface area contributed by atoms with Gasteiger partial charge in [-0.15, -0.1) is 0 Å². The maximum absolute atomic E-state index is 14.5. The first-order valence-corrected chi connectivity index (χ1v) is 15.5. The van der Waals surface area contributed by atoms with Crippen LogP contribution in [0.5, 0.6) is 0 Å². The Kier molecular flexibility index (Phi) is 6.70. The highest BCUT2D eigenvalue weighted by atomic mass is 16.2. The number of carbonyl (C=O) groups is 3. The predicted octanol–water partition coefficient (Wildman–Crippen LogP) is 5.93. The molecule has 5 aliphatic carbocycles. The molecule has 0 aromatic carbocycles. The highest BCUT2D eigenvalue weighted by molar-refractivity contribution is 5.96. The van der Waals surface area contributed by atoms with Crippen molar-refractivity contribution in [3.05, 3.63) is 17.8 Å². The third kappa shape index (κ3) is 3.87. The van der Waals surface area contributed by atoms with Crippen LogP contribution in [0.1, 0.15) is 113 Å². The minimum absolute atomic E-state index is 0.0248. The molecule has 2 N–H and O–H groups in total. The molecule has 0 heterocycles. The molecule has 6 nitrogen and oxygen atoms in total. The van der Waals surface area contributed by atoms with Gasteiger partial charge in [-0.05, 0) is 103 Å². The molecule has 0 aromatic rings. The summed E-state index contributed by atoms with van der Waals surface area (Å²) >= 11 is 0. The highest BCUT2D eigenvalue weighted by Gasteiger charge is 2.70. The number of ketones is 1. The van der Waals surface area contributed by atoms with E-state index in [1.165, 1.54) is 5.57 Å². The van der Waals surface area contributed by atoms with Gasteiger partial charge in [-0.1, -0.05) is 54.0 Å². The van der Waals surface area contributed by atoms with Crippen LogP contribution in [0.25, 0.3) is 0 Å². The molecule has 4 saturated carbocycles. The van der Waals surface area contributed by atoms with Crippen LogP contribution in [0.4, 0.5) is 0 Å². The van der Waals surface area contributed by atoms with Crippen molar-refractivity contribution in [2.24, 2.45) is 50.2 Å². The molecule has 1 unspecified atom stereocenters. The number of hydrogen-bond donors (Lipinski definition) is 2. The lowest BCUT2D eigenvalue weighted by atomic mass is 9.33. The van der Waals surface area contributed by atoms with Gasteiger partial charge in [-0.25, -0.2) is 4.79 Å². The zero-order valence-corrected chi connectivity index (χ0v) is 26.0. The maximum atomic E-state index is 14.5. The maximum Gasteiger partial charge on any atom is 0.230 e. The first-order chi connectivity index (χ1) is 18.5. The number of allylic oxidation sites excluding steroid dienone is 2. The SMILES string of the molecule is CC(=O)N[C@H]1CC[C@@]2(C)C(CC[C@]3(C)[C@@H]2C(=O)C=C2[C@@H]4C[C@@](C)(C(=O)NC=C=O)CC[C@]4(C)CC[C@]23C)C1(C)C. The fraction of sp³-hybridized carbons (Fsp3) is 0.794. The summed E-state index contributed by atoms with van der Waals surface area (Å²) in [7, 11) is 0. The Morgan fingerprint density at radius 2 is 1.62 bits per heavy atom. The molecule has 0 aliphatic heterocycles. The highest BCUT2D eigenvalue weighted by Crippen LogP contribution is 2.75. The van der Waals surface area contributed by atoms with E-state index in [0.29, 0.717) is 12.3 Å². The molecule has 6 heteroatoms. The van der Waals surface area contributed by atoms with Gasteiger partial charge in [0, 0.05) is 24.3 Å². The van der Waals surface area contributed by atoms with E-state index in [2.05, 4.69) is 52.2 Å². The van der Waals surface area contributed by atoms with Crippen molar-refractivity contribution >= 4 is 23.5 Å². The first kappa shape index (κ1) is 29.3. The fourth-order valence-corrected chi connectivity index (χ4v) is 11.2. The number of carbonyl (C=O) groups excluding carboxylic acids is 4. The summed E-state index contributed by atoms with van der Waals surface area (Å²) in [6, 6.07) is 0.128. The standard InChI is InChI=1S/C34H50N2O4/c1-21(38)36-26-10-11-32(6)25(29(26,2)3)9-12-34(8)27(32)24(39)19-22-23-20-31(5,28(40)35-17-18-37)14-13-30(23,4)15-16-33(22,34)7/h17,19,23,25-27H,9-16,20H2,1-8H3,(H,35,40)(H,36,38)/t23-,25?,26-,27+,30+,31-,32-,33+,34+/m0/s1. The molecule has 5 rings (SSSR count). The lowest BCUT2D eigenvalue weighted by Gasteiger charge is -2.70. The van der Waals surface area contributed by atoms with Gasteiger partial charge in [0.25, 0.3) is 0 Å². The van der Waals surface area contributed by atoms with Crippen molar-refractivity contribution in [2.45, 2.75) is 119 Å². The van der Waals surface area contributed by atoms with Crippen LogP contribution in [-0.4, -0.2) is 29.6 Å². The molecule has 0 bridgehead atoms. The third-order valence-corrected chi connectivity index (χ3v) is 13.8. The second-order valence-electron chi connectivity index (χ2n) is 16.1. The zero-order chi connectivity index (χ0) is 29.5. The predicted molar refractivity (Wildman–Crippen MR) is 155 cm³/mol. The van der Waals surface area contributed by atoms with E-state index in [0.717, 1.165) is 57.6 Å². The number of rotatable bonds is 3. The van der Waals surface area contributed by atoms with Crippen LogP contribution in [0.15, 0.2) is 17.8 Å². The van der Waals surface area contributed by atoms with E-state index in [9.17, 15) is 19.2 Å². The summed E-state index contributed by atoms with van der Waals surface area (Å²) in [6.45, 7) is 17.8. The number of nitrogens with one attached hydrogen (secondary N) is 2. The molecule has 0 radical (unpaired) electrons. The van der Waals surface area contributed by atoms with E-state index in [4.69, 9.17) is 0 Å². The van der Waals surface area contributed by atoms with Crippen molar-refractivity contribution in [3.63, 3.8) is 0 Å². The topological polar surface area (TPSA) is 92.3 Å². The lowest BCUT2D eigenvalue weighted by Crippen LogP contribution is -2.67. The van der Waals surface area contributed by atoms with Gasteiger partial charge in [-0.3, -0.25) is 14.4 Å². The molecular formula is C34H50N2O4. The van der Waals surface area contributed by atoms with E-state index in [1.807, 2.05) is 13.0 Å². The van der Waals surface area contributed by atoms with Gasteiger partial charge in [-0.2, -0.15) is 0 Å². The van der Waals surface area contributed by atoms with Crippen molar-refractivity contribution in [2.75, 3.05) is 0 Å². The largest absolute Gasteiger partial charge is 0.353 e. The van der Waals surface area contributed by atoms with Crippen LogP contribution in [0, 0.1) is 50.2 Å². The van der Waals surface area contributed by atoms with Crippen LogP contribution >= 0.6 is 0 Å². The number of hydrogen-bond acceptors (Lipinski definition) is 4. The molecular weight excluding hydrogens is 500 g/mol. The smallest absolute Gasteiger partial charge is 0.230 e. The number of fused-ring (bicyclic) bond motifs is 7. The van der Waals surface area contributed by atoms with Crippen molar-refractivity contribution in [1.29, 1.82) is 0 Å². The quantitative estimate of drug-likeness (QED) is 0.426. The van der Waals surface area contributed by atoms with Crippen molar-refractivity contribution < 1.29 is 19.2 Å². The Morgan fingerprint density at radius 3 is 2.27 bits per heavy atom. The summed E-state index contributed by atoms with van der Waals surface area (Å²) in [5.41, 5.74) is 0.264. The Balaban J connectivity index is 1.55. The van der Waals surface area contributed by atoms with E-state index >= 15 is 0 Å². The summed E-state index contributed by atoms with van der Waals surface area (Å²) in [5.74, 6) is 2.32. The second-order valence-corrected chi connectivity index (χ2v) is 16.1. The van der Waals surface area contributed by atoms with Gasteiger partial charge in [0.05, 0.1) is 6.20 Å². The molecule has 4 fully saturated rings. The molecule has 0 spiro atoms. The number of amides is 2. The Hall–Kier alpha value is -2.20. The monoisotopic (exact) mass is 550 g/mol. The normalized spacial score (nSPS) is 47.2. The minimum atomic E-state index is -0.590. The average Bonchev–Trinajstić information content (AvgIpc) is 2.86. The van der Waals surface area contributed by atoms with Crippen LogP contribution in [0.3, 0.4) is 0 Å². The fourth-order valence-electron chi connectivity index (χ4n) is 11.2. The summed E-state index contributed by atoms with van der Waals surface area (Å²) < 4.78 is 0. The Bertz CT molecular complexity index is 1210.